The van der Waals surface area contributed by atoms with Gasteiger partial charge in [-0.1, -0.05) is 53.5 Å². The summed E-state index contributed by atoms with van der Waals surface area (Å²) in [5.41, 5.74) is 1.96. The van der Waals surface area contributed by atoms with Gasteiger partial charge in [0.05, 0.1) is 17.9 Å². The zero-order valence-electron chi connectivity index (χ0n) is 15.2. The van der Waals surface area contributed by atoms with Gasteiger partial charge in [-0.3, -0.25) is 13.9 Å². The average Bonchev–Trinajstić information content (AvgIpc) is 2.92. The van der Waals surface area contributed by atoms with Crippen molar-refractivity contribution in [3.05, 3.63) is 74.7 Å². The molecule has 3 aromatic rings. The Balaban J connectivity index is 2.12. The molecule has 3 rings (SSSR count). The van der Waals surface area contributed by atoms with E-state index in [2.05, 4.69) is 15.9 Å². The minimum Gasteiger partial charge on any atom is -0.298 e. The molecule has 1 heterocycles. The third-order valence-electron chi connectivity index (χ3n) is 4.17. The van der Waals surface area contributed by atoms with E-state index < -0.39 is 0 Å². The molecule has 0 amide bonds. The number of rotatable bonds is 6. The summed E-state index contributed by atoms with van der Waals surface area (Å²) in [4.78, 5) is 25.5. The van der Waals surface area contributed by atoms with Crippen LogP contribution in [-0.2, 0) is 11.3 Å². The van der Waals surface area contributed by atoms with Gasteiger partial charge in [0.1, 0.15) is 0 Å². The molecule has 0 bridgehead atoms. The molecule has 0 unspecified atom stereocenters. The molecule has 6 heteroatoms. The number of benzene rings is 2. The van der Waals surface area contributed by atoms with Gasteiger partial charge in [-0.25, -0.2) is 4.79 Å². The fraction of sp³-hybridized carbons (Fsp3) is 0.238. The van der Waals surface area contributed by atoms with Crippen LogP contribution in [0.5, 0.6) is 0 Å². The maximum absolute atomic E-state index is 13.1. The number of Topliss-reactive ketones (excluding diaryl/α,β-unsaturated/α-hetero) is 1. The van der Waals surface area contributed by atoms with Crippen LogP contribution in [0.2, 0.25) is 5.02 Å². The van der Waals surface area contributed by atoms with Gasteiger partial charge < -0.3 is 0 Å². The highest BCUT2D eigenvalue weighted by Crippen LogP contribution is 2.24. The number of ketones is 1. The Labute approximate surface area is 171 Å². The second-order valence-corrected chi connectivity index (χ2v) is 8.23. The summed E-state index contributed by atoms with van der Waals surface area (Å²) < 4.78 is 4.02. The first-order chi connectivity index (χ1) is 12.8. The summed E-state index contributed by atoms with van der Waals surface area (Å²) in [6, 6.07) is 14.8. The van der Waals surface area contributed by atoms with Gasteiger partial charge in [-0.2, -0.15) is 0 Å². The largest absolute Gasteiger partial charge is 0.333 e. The summed E-state index contributed by atoms with van der Waals surface area (Å²) >= 11 is 9.54. The smallest absolute Gasteiger partial charge is 0.298 e. The lowest BCUT2D eigenvalue weighted by Crippen LogP contribution is -2.27. The number of carbonyl (C=O) groups is 1. The molecular formula is C21H20BrClN2O2. The van der Waals surface area contributed by atoms with Gasteiger partial charge in [0.15, 0.2) is 5.78 Å². The minimum atomic E-state index is -0.246. The van der Waals surface area contributed by atoms with E-state index in [1.165, 1.54) is 4.57 Å². The van der Waals surface area contributed by atoms with Crippen molar-refractivity contribution in [2.24, 2.45) is 5.92 Å². The lowest BCUT2D eigenvalue weighted by atomic mass is 10.1. The third kappa shape index (κ3) is 4.60. The Hall–Kier alpha value is -2.11. The molecule has 0 radical (unpaired) electrons. The van der Waals surface area contributed by atoms with Crippen molar-refractivity contribution < 1.29 is 4.79 Å². The number of halogens is 2. The van der Waals surface area contributed by atoms with Crippen molar-refractivity contribution in [2.45, 2.75) is 26.8 Å². The molecule has 0 saturated carbocycles. The molecule has 27 heavy (non-hydrogen) atoms. The third-order valence-corrected chi connectivity index (χ3v) is 4.94. The van der Waals surface area contributed by atoms with Crippen LogP contribution in [0, 0.1) is 5.92 Å². The number of aromatic nitrogens is 2. The molecule has 0 aliphatic carbocycles. The van der Waals surface area contributed by atoms with Crippen LogP contribution >= 0.6 is 27.5 Å². The molecule has 0 fully saturated rings. The first-order valence-electron chi connectivity index (χ1n) is 8.71. The van der Waals surface area contributed by atoms with E-state index in [0.29, 0.717) is 17.1 Å². The highest BCUT2D eigenvalue weighted by atomic mass is 79.9. The van der Waals surface area contributed by atoms with E-state index in [4.69, 9.17) is 11.6 Å². The molecule has 1 aromatic heterocycles. The zero-order chi connectivity index (χ0) is 19.6. The maximum Gasteiger partial charge on any atom is 0.333 e. The Kier molecular flexibility index (Phi) is 6.02. The summed E-state index contributed by atoms with van der Waals surface area (Å²) in [6.07, 6.45) is 2.20. The molecule has 0 spiro atoms. The van der Waals surface area contributed by atoms with E-state index in [0.717, 1.165) is 15.7 Å². The van der Waals surface area contributed by atoms with Crippen LogP contribution in [0.4, 0.5) is 0 Å². The van der Waals surface area contributed by atoms with Crippen LogP contribution in [0.15, 0.2) is 64.0 Å². The first kappa shape index (κ1) is 19.6. The molecule has 0 saturated heterocycles. The SMILES string of the molecule is CC(C)CC(=O)Cn1c(-c2cccc(Cl)c2)cn(-c2ccc(Br)cc2)c1=O. The van der Waals surface area contributed by atoms with Crippen molar-refractivity contribution in [1.82, 2.24) is 9.13 Å². The first-order valence-corrected chi connectivity index (χ1v) is 9.88. The molecule has 0 N–H and O–H groups in total. The number of nitrogens with zero attached hydrogens (tertiary/aromatic N) is 2. The van der Waals surface area contributed by atoms with Crippen LogP contribution in [-0.4, -0.2) is 14.9 Å². The van der Waals surface area contributed by atoms with E-state index >= 15 is 0 Å². The topological polar surface area (TPSA) is 44.0 Å². The van der Waals surface area contributed by atoms with Crippen LogP contribution in [0.1, 0.15) is 20.3 Å². The fourth-order valence-electron chi connectivity index (χ4n) is 2.99. The second kappa shape index (κ2) is 8.28. The molecule has 140 valence electrons. The average molecular weight is 448 g/mol. The lowest BCUT2D eigenvalue weighted by Gasteiger charge is -2.08. The van der Waals surface area contributed by atoms with Crippen molar-refractivity contribution in [3.8, 4) is 16.9 Å². The van der Waals surface area contributed by atoms with Crippen LogP contribution < -0.4 is 5.69 Å². The Morgan fingerprint density at radius 3 is 2.48 bits per heavy atom. The lowest BCUT2D eigenvalue weighted by molar-refractivity contribution is -0.120. The highest BCUT2D eigenvalue weighted by Gasteiger charge is 2.17. The van der Waals surface area contributed by atoms with Crippen molar-refractivity contribution >= 4 is 33.3 Å². The quantitative estimate of drug-likeness (QED) is 0.512. The number of hydrogen-bond acceptors (Lipinski definition) is 2. The molecule has 0 aliphatic heterocycles. The van der Waals surface area contributed by atoms with Crippen molar-refractivity contribution in [3.63, 3.8) is 0 Å². The minimum absolute atomic E-state index is 0.0314. The summed E-state index contributed by atoms with van der Waals surface area (Å²) in [5, 5.41) is 0.580. The van der Waals surface area contributed by atoms with Crippen molar-refractivity contribution in [1.29, 1.82) is 0 Å². The van der Waals surface area contributed by atoms with Gasteiger partial charge in [-0.05, 0) is 42.3 Å². The predicted molar refractivity (Wildman–Crippen MR) is 113 cm³/mol. The predicted octanol–water partition coefficient (Wildman–Crippen LogP) is 5.34. The Bertz CT molecular complexity index is 1020. The van der Waals surface area contributed by atoms with Crippen molar-refractivity contribution in [2.75, 3.05) is 0 Å². The van der Waals surface area contributed by atoms with E-state index in [1.807, 2.05) is 50.2 Å². The van der Waals surface area contributed by atoms with E-state index in [-0.39, 0.29) is 23.9 Å². The van der Waals surface area contributed by atoms with Gasteiger partial charge >= 0.3 is 5.69 Å². The standard InChI is InChI=1S/C21H20BrClN2O2/c1-14(2)10-19(26)12-25-20(15-4-3-5-17(23)11-15)13-24(21(25)27)18-8-6-16(22)7-9-18/h3-9,11,13-14H,10,12H2,1-2H3. The number of carbonyl (C=O) groups excluding carboxylic acids is 1. The highest BCUT2D eigenvalue weighted by molar-refractivity contribution is 9.10. The van der Waals surface area contributed by atoms with Gasteiger partial charge in [0.2, 0.25) is 0 Å². The van der Waals surface area contributed by atoms with Gasteiger partial charge in [0, 0.05) is 27.7 Å². The monoisotopic (exact) mass is 446 g/mol. The van der Waals surface area contributed by atoms with Gasteiger partial charge in [0.25, 0.3) is 0 Å². The molecule has 0 aliphatic rings. The summed E-state index contributed by atoms with van der Waals surface area (Å²) in [6.45, 7) is 4.03. The fourth-order valence-corrected chi connectivity index (χ4v) is 3.45. The van der Waals surface area contributed by atoms with E-state index in [9.17, 15) is 9.59 Å². The zero-order valence-corrected chi connectivity index (χ0v) is 17.5. The second-order valence-electron chi connectivity index (χ2n) is 6.88. The Morgan fingerprint density at radius 2 is 1.85 bits per heavy atom. The van der Waals surface area contributed by atoms with Crippen LogP contribution in [0.3, 0.4) is 0 Å². The molecule has 2 aromatic carbocycles. The maximum atomic E-state index is 13.1. The molecular weight excluding hydrogens is 428 g/mol. The Morgan fingerprint density at radius 1 is 1.15 bits per heavy atom. The van der Waals surface area contributed by atoms with Gasteiger partial charge in [-0.15, -0.1) is 0 Å². The molecule has 4 nitrogen and oxygen atoms in total. The number of hydrogen-bond donors (Lipinski definition) is 0. The summed E-state index contributed by atoms with van der Waals surface area (Å²) in [7, 11) is 0. The summed E-state index contributed by atoms with van der Waals surface area (Å²) in [5.74, 6) is 0.278. The number of imidazole rings is 1. The van der Waals surface area contributed by atoms with Crippen LogP contribution in [0.25, 0.3) is 16.9 Å². The van der Waals surface area contributed by atoms with E-state index in [1.54, 1.807) is 22.9 Å². The molecule has 0 atom stereocenters. The normalized spacial score (nSPS) is 11.1.